The smallest absolute Gasteiger partial charge is 0.133 e. The monoisotopic (exact) mass is 268 g/mol. The zero-order valence-corrected chi connectivity index (χ0v) is 11.5. The van der Waals surface area contributed by atoms with Gasteiger partial charge in [0.1, 0.15) is 18.1 Å². The van der Waals surface area contributed by atoms with Crippen molar-refractivity contribution in [1.82, 2.24) is 9.78 Å². The first-order valence-corrected chi connectivity index (χ1v) is 6.48. The summed E-state index contributed by atoms with van der Waals surface area (Å²) in [5, 5.41) is 4.30. The van der Waals surface area contributed by atoms with E-state index in [1.54, 1.807) is 6.26 Å². The van der Waals surface area contributed by atoms with E-state index in [1.807, 2.05) is 61.1 Å². The molecule has 0 saturated heterocycles. The van der Waals surface area contributed by atoms with Crippen molar-refractivity contribution in [2.24, 2.45) is 7.05 Å². The number of furan rings is 1. The second kappa shape index (κ2) is 5.25. The van der Waals surface area contributed by atoms with Crippen molar-refractivity contribution in [3.63, 3.8) is 0 Å². The van der Waals surface area contributed by atoms with E-state index >= 15 is 0 Å². The molecular weight excluding hydrogens is 252 g/mol. The molecule has 0 atom stereocenters. The molecule has 0 aliphatic carbocycles. The van der Waals surface area contributed by atoms with Gasteiger partial charge in [-0.2, -0.15) is 5.10 Å². The molecule has 0 saturated carbocycles. The molecule has 0 fully saturated rings. The van der Waals surface area contributed by atoms with Gasteiger partial charge in [0.25, 0.3) is 0 Å². The number of rotatable bonds is 4. The quantitative estimate of drug-likeness (QED) is 0.726. The maximum atomic E-state index is 5.77. The molecule has 0 aliphatic heterocycles. The van der Waals surface area contributed by atoms with Crippen LogP contribution in [-0.2, 0) is 13.7 Å². The highest BCUT2D eigenvalue weighted by Crippen LogP contribution is 2.23. The zero-order valence-electron chi connectivity index (χ0n) is 11.5. The SMILES string of the molecule is Cc1cc(COc2ccc(-c3ccco3)cc2)n(C)n1. The van der Waals surface area contributed by atoms with Crippen LogP contribution < -0.4 is 4.74 Å². The predicted molar refractivity (Wildman–Crippen MR) is 76.4 cm³/mol. The number of hydrogen-bond acceptors (Lipinski definition) is 3. The lowest BCUT2D eigenvalue weighted by atomic mass is 10.2. The molecule has 3 rings (SSSR count). The lowest BCUT2D eigenvalue weighted by Crippen LogP contribution is -2.02. The summed E-state index contributed by atoms with van der Waals surface area (Å²) in [7, 11) is 1.92. The third-order valence-electron chi connectivity index (χ3n) is 3.15. The first kappa shape index (κ1) is 12.5. The van der Waals surface area contributed by atoms with Gasteiger partial charge >= 0.3 is 0 Å². The lowest BCUT2D eigenvalue weighted by Gasteiger charge is -2.06. The van der Waals surface area contributed by atoms with Gasteiger partial charge in [-0.15, -0.1) is 0 Å². The van der Waals surface area contributed by atoms with Crippen molar-refractivity contribution in [3.8, 4) is 17.1 Å². The second-order valence-corrected chi connectivity index (χ2v) is 4.69. The average Bonchev–Trinajstić information content (AvgIpc) is 3.07. The molecule has 0 radical (unpaired) electrons. The molecule has 0 amide bonds. The Morgan fingerprint density at radius 2 is 2.00 bits per heavy atom. The molecule has 1 aromatic carbocycles. The highest BCUT2D eigenvalue weighted by atomic mass is 16.5. The molecule has 3 aromatic rings. The standard InChI is InChI=1S/C16H16N2O2/c1-12-10-14(18(2)17-12)11-20-15-7-5-13(6-8-15)16-4-3-9-19-16/h3-10H,11H2,1-2H3. The number of nitrogens with zero attached hydrogens (tertiary/aromatic N) is 2. The summed E-state index contributed by atoms with van der Waals surface area (Å²) in [6, 6.07) is 13.7. The van der Waals surface area contributed by atoms with E-state index in [9.17, 15) is 0 Å². The average molecular weight is 268 g/mol. The van der Waals surface area contributed by atoms with Crippen molar-refractivity contribution in [3.05, 3.63) is 60.1 Å². The molecule has 0 unspecified atom stereocenters. The van der Waals surface area contributed by atoms with Gasteiger partial charge in [-0.25, -0.2) is 0 Å². The van der Waals surface area contributed by atoms with Crippen LogP contribution in [0.1, 0.15) is 11.4 Å². The molecule has 0 spiro atoms. The number of aromatic nitrogens is 2. The van der Waals surface area contributed by atoms with Crippen LogP contribution in [0.5, 0.6) is 5.75 Å². The van der Waals surface area contributed by atoms with Crippen LogP contribution >= 0.6 is 0 Å². The second-order valence-electron chi connectivity index (χ2n) is 4.69. The van der Waals surface area contributed by atoms with Gasteiger partial charge in [-0.3, -0.25) is 4.68 Å². The van der Waals surface area contributed by atoms with Gasteiger partial charge < -0.3 is 9.15 Å². The first-order chi connectivity index (χ1) is 9.72. The first-order valence-electron chi connectivity index (χ1n) is 6.48. The van der Waals surface area contributed by atoms with E-state index in [4.69, 9.17) is 9.15 Å². The van der Waals surface area contributed by atoms with Crippen LogP contribution in [0.4, 0.5) is 0 Å². The van der Waals surface area contributed by atoms with Crippen LogP contribution in [0.2, 0.25) is 0 Å². The van der Waals surface area contributed by atoms with Crippen molar-refractivity contribution in [1.29, 1.82) is 0 Å². The fourth-order valence-electron chi connectivity index (χ4n) is 2.11. The van der Waals surface area contributed by atoms with E-state index < -0.39 is 0 Å². The van der Waals surface area contributed by atoms with Gasteiger partial charge in [0.15, 0.2) is 0 Å². The number of benzene rings is 1. The van der Waals surface area contributed by atoms with Gasteiger partial charge in [0.2, 0.25) is 0 Å². The summed E-state index contributed by atoms with van der Waals surface area (Å²) in [6.07, 6.45) is 1.67. The molecule has 20 heavy (non-hydrogen) atoms. The maximum Gasteiger partial charge on any atom is 0.133 e. The molecule has 2 heterocycles. The third kappa shape index (κ3) is 2.59. The molecular formula is C16H16N2O2. The number of hydrogen-bond donors (Lipinski definition) is 0. The van der Waals surface area contributed by atoms with E-state index in [0.29, 0.717) is 6.61 Å². The topological polar surface area (TPSA) is 40.2 Å². The highest BCUT2D eigenvalue weighted by molar-refractivity contribution is 5.58. The van der Waals surface area contributed by atoms with E-state index in [0.717, 1.165) is 28.5 Å². The molecule has 0 aliphatic rings. The van der Waals surface area contributed by atoms with E-state index in [2.05, 4.69) is 5.10 Å². The summed E-state index contributed by atoms with van der Waals surface area (Å²) < 4.78 is 13.0. The Kier molecular flexibility index (Phi) is 3.29. The van der Waals surface area contributed by atoms with Gasteiger partial charge in [0.05, 0.1) is 17.7 Å². The molecule has 0 N–H and O–H groups in total. The zero-order chi connectivity index (χ0) is 13.9. The summed E-state index contributed by atoms with van der Waals surface area (Å²) in [5.41, 5.74) is 3.09. The van der Waals surface area contributed by atoms with Crippen LogP contribution in [0.25, 0.3) is 11.3 Å². The lowest BCUT2D eigenvalue weighted by molar-refractivity contribution is 0.295. The van der Waals surface area contributed by atoms with Crippen molar-refractivity contribution < 1.29 is 9.15 Å². The minimum absolute atomic E-state index is 0.511. The Morgan fingerprint density at radius 1 is 1.20 bits per heavy atom. The maximum absolute atomic E-state index is 5.77. The summed E-state index contributed by atoms with van der Waals surface area (Å²) >= 11 is 0. The molecule has 4 heteroatoms. The third-order valence-corrected chi connectivity index (χ3v) is 3.15. The number of ether oxygens (including phenoxy) is 1. The van der Waals surface area contributed by atoms with Crippen LogP contribution in [-0.4, -0.2) is 9.78 Å². The number of aryl methyl sites for hydroxylation is 2. The van der Waals surface area contributed by atoms with Gasteiger partial charge in [-0.1, -0.05) is 0 Å². The van der Waals surface area contributed by atoms with Gasteiger partial charge in [-0.05, 0) is 49.4 Å². The Bertz CT molecular complexity index is 682. The van der Waals surface area contributed by atoms with Crippen LogP contribution in [0.15, 0.2) is 53.1 Å². The van der Waals surface area contributed by atoms with Gasteiger partial charge in [0, 0.05) is 12.6 Å². The molecule has 0 bridgehead atoms. The van der Waals surface area contributed by atoms with Crippen molar-refractivity contribution in [2.75, 3.05) is 0 Å². The highest BCUT2D eigenvalue weighted by Gasteiger charge is 2.04. The minimum Gasteiger partial charge on any atom is -0.487 e. The predicted octanol–water partition coefficient (Wildman–Crippen LogP) is 3.57. The van der Waals surface area contributed by atoms with E-state index in [-0.39, 0.29) is 0 Å². The van der Waals surface area contributed by atoms with Crippen LogP contribution in [0.3, 0.4) is 0 Å². The van der Waals surface area contributed by atoms with E-state index in [1.165, 1.54) is 0 Å². The summed E-state index contributed by atoms with van der Waals surface area (Å²) in [5.74, 6) is 1.69. The molecule has 2 aromatic heterocycles. The molecule has 102 valence electrons. The largest absolute Gasteiger partial charge is 0.487 e. The van der Waals surface area contributed by atoms with Crippen LogP contribution in [0, 0.1) is 6.92 Å². The minimum atomic E-state index is 0.511. The Morgan fingerprint density at radius 3 is 2.60 bits per heavy atom. The Labute approximate surface area is 117 Å². The van der Waals surface area contributed by atoms with Crippen molar-refractivity contribution in [2.45, 2.75) is 13.5 Å². The Hall–Kier alpha value is -2.49. The summed E-state index contributed by atoms with van der Waals surface area (Å²) in [6.45, 7) is 2.49. The fourth-order valence-corrected chi connectivity index (χ4v) is 2.11. The molecule has 4 nitrogen and oxygen atoms in total. The summed E-state index contributed by atoms with van der Waals surface area (Å²) in [4.78, 5) is 0. The Balaban J connectivity index is 1.68. The van der Waals surface area contributed by atoms with Crippen molar-refractivity contribution >= 4 is 0 Å². The normalized spacial score (nSPS) is 10.7. The fraction of sp³-hybridized carbons (Fsp3) is 0.188.